The molecule has 0 aliphatic rings. The van der Waals surface area contributed by atoms with Gasteiger partial charge in [0.05, 0.1) is 19.1 Å². The molecule has 1 aromatic rings. The Morgan fingerprint density at radius 3 is 2.41 bits per heavy atom. The van der Waals surface area contributed by atoms with Gasteiger partial charge in [0.25, 0.3) is 0 Å². The van der Waals surface area contributed by atoms with Crippen molar-refractivity contribution < 1.29 is 19.4 Å². The smallest absolute Gasteiger partial charge is 0.305 e. The molecule has 3 N–H and O–H groups in total. The molecule has 0 heterocycles. The van der Waals surface area contributed by atoms with Gasteiger partial charge < -0.3 is 15.6 Å². The molecule has 0 radical (unpaired) electrons. The summed E-state index contributed by atoms with van der Waals surface area (Å²) in [6.45, 7) is 2.41. The van der Waals surface area contributed by atoms with E-state index in [0.29, 0.717) is 17.9 Å². The number of ketones is 1. The first-order chi connectivity index (χ1) is 8.04. The van der Waals surface area contributed by atoms with E-state index < -0.39 is 12.0 Å². The molecule has 0 fully saturated rings. The Morgan fingerprint density at radius 2 is 1.94 bits per heavy atom. The topological polar surface area (TPSA) is 89.6 Å². The summed E-state index contributed by atoms with van der Waals surface area (Å²) in [6, 6.07) is 5.46. The lowest BCUT2D eigenvalue weighted by Crippen LogP contribution is -2.32. The predicted molar refractivity (Wildman–Crippen MR) is 62.2 cm³/mol. The van der Waals surface area contributed by atoms with Crippen molar-refractivity contribution in [3.63, 3.8) is 0 Å². The number of Topliss-reactive ketones (excluding diaryl/α,β-unsaturated/α-hetero) is 1. The fourth-order valence-corrected chi connectivity index (χ4v) is 1.38. The average molecular weight is 237 g/mol. The fraction of sp³-hybridized carbons (Fsp3) is 0.333. The summed E-state index contributed by atoms with van der Waals surface area (Å²) in [5, 5.41) is 8.54. The number of rotatable bonds is 6. The number of carboxylic acids is 1. The molecule has 0 bridgehead atoms. The van der Waals surface area contributed by atoms with Crippen LogP contribution in [0.2, 0.25) is 0 Å². The highest BCUT2D eigenvalue weighted by Gasteiger charge is 2.18. The molecule has 0 aliphatic carbocycles. The van der Waals surface area contributed by atoms with Gasteiger partial charge in [-0.25, -0.2) is 0 Å². The number of benzene rings is 1. The number of hydrogen-bond donors (Lipinski definition) is 2. The number of carbonyl (C=O) groups is 2. The number of ether oxygens (including phenoxy) is 1. The van der Waals surface area contributed by atoms with E-state index in [1.165, 1.54) is 0 Å². The third kappa shape index (κ3) is 3.88. The van der Waals surface area contributed by atoms with Crippen molar-refractivity contribution >= 4 is 11.8 Å². The third-order valence-electron chi connectivity index (χ3n) is 2.18. The fourth-order valence-electron chi connectivity index (χ4n) is 1.38. The predicted octanol–water partition coefficient (Wildman–Crippen LogP) is 1.07. The SMILES string of the molecule is CCOc1ccc(C(=O)C(N)CC(=O)O)cc1. The van der Waals surface area contributed by atoms with Gasteiger partial charge in [-0.3, -0.25) is 9.59 Å². The number of aliphatic carboxylic acids is 1. The summed E-state index contributed by atoms with van der Waals surface area (Å²) >= 11 is 0. The molecule has 5 heteroatoms. The van der Waals surface area contributed by atoms with Crippen LogP contribution in [0.1, 0.15) is 23.7 Å². The molecule has 0 aliphatic heterocycles. The van der Waals surface area contributed by atoms with Crippen LogP contribution < -0.4 is 10.5 Å². The maximum absolute atomic E-state index is 11.7. The second-order valence-electron chi connectivity index (χ2n) is 3.53. The first kappa shape index (κ1) is 13.2. The van der Waals surface area contributed by atoms with Gasteiger partial charge >= 0.3 is 5.97 Å². The number of carbonyl (C=O) groups excluding carboxylic acids is 1. The van der Waals surface area contributed by atoms with Gasteiger partial charge in [-0.1, -0.05) is 0 Å². The molecule has 1 unspecified atom stereocenters. The quantitative estimate of drug-likeness (QED) is 0.722. The summed E-state index contributed by atoms with van der Waals surface area (Å²) in [7, 11) is 0. The van der Waals surface area contributed by atoms with E-state index >= 15 is 0 Å². The molecule has 0 saturated heterocycles. The highest BCUT2D eigenvalue weighted by molar-refractivity contribution is 6.01. The molecule has 5 nitrogen and oxygen atoms in total. The van der Waals surface area contributed by atoms with Gasteiger partial charge in [0.2, 0.25) is 0 Å². The minimum atomic E-state index is -1.09. The Kier molecular flexibility index (Phi) is 4.66. The zero-order valence-electron chi connectivity index (χ0n) is 9.55. The maximum atomic E-state index is 11.7. The molecular weight excluding hydrogens is 222 g/mol. The van der Waals surface area contributed by atoms with Crippen LogP contribution in [0.5, 0.6) is 5.75 Å². The van der Waals surface area contributed by atoms with Crippen LogP contribution in [0.3, 0.4) is 0 Å². The standard InChI is InChI=1S/C12H15NO4/c1-2-17-9-5-3-8(4-6-9)12(16)10(13)7-11(14)15/h3-6,10H,2,7,13H2,1H3,(H,14,15). The zero-order chi connectivity index (χ0) is 12.8. The highest BCUT2D eigenvalue weighted by Crippen LogP contribution is 2.13. The largest absolute Gasteiger partial charge is 0.494 e. The van der Waals surface area contributed by atoms with Crippen molar-refractivity contribution in [2.45, 2.75) is 19.4 Å². The minimum Gasteiger partial charge on any atom is -0.494 e. The monoisotopic (exact) mass is 237 g/mol. The van der Waals surface area contributed by atoms with E-state index in [2.05, 4.69) is 0 Å². The van der Waals surface area contributed by atoms with Crippen molar-refractivity contribution in [1.82, 2.24) is 0 Å². The summed E-state index contributed by atoms with van der Waals surface area (Å²) in [5.41, 5.74) is 5.88. The van der Waals surface area contributed by atoms with Crippen LogP contribution in [0, 0.1) is 0 Å². The lowest BCUT2D eigenvalue weighted by molar-refractivity contribution is -0.137. The highest BCUT2D eigenvalue weighted by atomic mass is 16.5. The Labute approximate surface area is 99.2 Å². The second-order valence-corrected chi connectivity index (χ2v) is 3.53. The first-order valence-electron chi connectivity index (χ1n) is 5.29. The summed E-state index contributed by atoms with van der Waals surface area (Å²) in [4.78, 5) is 22.2. The van der Waals surface area contributed by atoms with Crippen LogP contribution in [0.4, 0.5) is 0 Å². The maximum Gasteiger partial charge on any atom is 0.305 e. The molecule has 0 spiro atoms. The van der Waals surface area contributed by atoms with Crippen molar-refractivity contribution in [2.75, 3.05) is 6.61 Å². The molecule has 92 valence electrons. The average Bonchev–Trinajstić information content (AvgIpc) is 2.28. The van der Waals surface area contributed by atoms with E-state index in [4.69, 9.17) is 15.6 Å². The lowest BCUT2D eigenvalue weighted by atomic mass is 10.0. The lowest BCUT2D eigenvalue weighted by Gasteiger charge is -2.08. The van der Waals surface area contributed by atoms with Crippen LogP contribution in [-0.4, -0.2) is 29.5 Å². The van der Waals surface area contributed by atoms with E-state index in [0.717, 1.165) is 0 Å². The Hall–Kier alpha value is -1.88. The Morgan fingerprint density at radius 1 is 1.35 bits per heavy atom. The summed E-state index contributed by atoms with van der Waals surface area (Å²) in [5.74, 6) is -0.803. The zero-order valence-corrected chi connectivity index (χ0v) is 9.55. The Balaban J connectivity index is 2.72. The molecular formula is C12H15NO4. The minimum absolute atomic E-state index is 0.369. The molecule has 1 aromatic carbocycles. The van der Waals surface area contributed by atoms with E-state index in [1.807, 2.05) is 6.92 Å². The van der Waals surface area contributed by atoms with Gasteiger partial charge in [-0.05, 0) is 31.2 Å². The van der Waals surface area contributed by atoms with Gasteiger partial charge in [-0.2, -0.15) is 0 Å². The van der Waals surface area contributed by atoms with Gasteiger partial charge in [0.1, 0.15) is 5.75 Å². The van der Waals surface area contributed by atoms with Crippen LogP contribution >= 0.6 is 0 Å². The summed E-state index contributed by atoms with van der Waals surface area (Å²) < 4.78 is 5.23. The van der Waals surface area contributed by atoms with Crippen LogP contribution in [-0.2, 0) is 4.79 Å². The van der Waals surface area contributed by atoms with E-state index in [9.17, 15) is 9.59 Å². The number of hydrogen-bond acceptors (Lipinski definition) is 4. The van der Waals surface area contributed by atoms with Crippen molar-refractivity contribution in [3.8, 4) is 5.75 Å². The van der Waals surface area contributed by atoms with Crippen molar-refractivity contribution in [1.29, 1.82) is 0 Å². The van der Waals surface area contributed by atoms with Gasteiger partial charge in [0.15, 0.2) is 5.78 Å². The number of carboxylic acid groups (broad SMARTS) is 1. The van der Waals surface area contributed by atoms with Crippen LogP contribution in [0.15, 0.2) is 24.3 Å². The molecule has 17 heavy (non-hydrogen) atoms. The number of nitrogens with two attached hydrogens (primary N) is 1. The van der Waals surface area contributed by atoms with Crippen molar-refractivity contribution in [2.24, 2.45) is 5.73 Å². The molecule has 1 rings (SSSR count). The first-order valence-corrected chi connectivity index (χ1v) is 5.29. The second kappa shape index (κ2) is 6.00. The summed E-state index contributed by atoms with van der Waals surface area (Å²) in [6.07, 6.45) is -0.369. The normalized spacial score (nSPS) is 11.9. The van der Waals surface area contributed by atoms with E-state index in [1.54, 1.807) is 24.3 Å². The third-order valence-corrected chi connectivity index (χ3v) is 2.18. The molecule has 1 atom stereocenters. The molecule has 0 saturated carbocycles. The van der Waals surface area contributed by atoms with Gasteiger partial charge in [-0.15, -0.1) is 0 Å². The van der Waals surface area contributed by atoms with Crippen LogP contribution in [0.25, 0.3) is 0 Å². The molecule has 0 aromatic heterocycles. The molecule has 0 amide bonds. The van der Waals surface area contributed by atoms with E-state index in [-0.39, 0.29) is 12.2 Å². The van der Waals surface area contributed by atoms with Gasteiger partial charge in [0, 0.05) is 5.56 Å². The van der Waals surface area contributed by atoms with Crippen molar-refractivity contribution in [3.05, 3.63) is 29.8 Å². The Bertz CT molecular complexity index is 399.